The molecule has 118 valence electrons. The smallest absolute Gasteiger partial charge is 0.289 e. The van der Waals surface area contributed by atoms with E-state index in [-0.39, 0.29) is 17.9 Å². The lowest BCUT2D eigenvalue weighted by Crippen LogP contribution is -2.34. The fourth-order valence-electron chi connectivity index (χ4n) is 3.26. The van der Waals surface area contributed by atoms with Gasteiger partial charge in [-0.1, -0.05) is 6.42 Å². The molecule has 2 aromatic rings. The molecule has 1 aromatic carbocycles. The first-order valence-electron chi connectivity index (χ1n) is 7.90. The van der Waals surface area contributed by atoms with E-state index in [1.54, 1.807) is 11.9 Å². The van der Waals surface area contributed by atoms with Crippen LogP contribution in [0.25, 0.3) is 11.0 Å². The third-order valence-electron chi connectivity index (χ3n) is 4.82. The Kier molecular flexibility index (Phi) is 3.96. The number of fused-ring (bicyclic) bond motifs is 1. The van der Waals surface area contributed by atoms with Gasteiger partial charge < -0.3 is 14.4 Å². The van der Waals surface area contributed by atoms with E-state index in [2.05, 4.69) is 6.92 Å². The highest BCUT2D eigenvalue weighted by Gasteiger charge is 2.28. The van der Waals surface area contributed by atoms with Crippen molar-refractivity contribution in [3.8, 4) is 0 Å². The normalized spacial score (nSPS) is 21.5. The van der Waals surface area contributed by atoms with Crippen LogP contribution >= 0.6 is 0 Å². The summed E-state index contributed by atoms with van der Waals surface area (Å²) in [4.78, 5) is 14.2. The molecule has 0 saturated heterocycles. The minimum absolute atomic E-state index is 0.120. The van der Waals surface area contributed by atoms with Crippen molar-refractivity contribution < 1.29 is 14.3 Å². The van der Waals surface area contributed by atoms with Crippen LogP contribution in [-0.4, -0.2) is 35.6 Å². The summed E-state index contributed by atoms with van der Waals surface area (Å²) in [5.74, 6) is 0.434. The lowest BCUT2D eigenvalue weighted by Gasteiger charge is -2.22. The molecule has 1 saturated carbocycles. The van der Waals surface area contributed by atoms with Crippen LogP contribution in [0.4, 0.5) is 0 Å². The molecule has 1 N–H and O–H groups in total. The third kappa shape index (κ3) is 2.75. The first kappa shape index (κ1) is 15.1. The molecule has 3 rings (SSSR count). The SMILES string of the molecule is Cc1cc2cc(C(=O)N(C)CC3CCCC3O)oc2cc1C. The number of nitrogens with zero attached hydrogens (tertiary/aromatic N) is 1. The second kappa shape index (κ2) is 5.76. The van der Waals surface area contributed by atoms with Gasteiger partial charge in [0.2, 0.25) is 0 Å². The van der Waals surface area contributed by atoms with Gasteiger partial charge in [0.1, 0.15) is 5.58 Å². The van der Waals surface area contributed by atoms with E-state index < -0.39 is 0 Å². The molecule has 0 bridgehead atoms. The third-order valence-corrected chi connectivity index (χ3v) is 4.82. The fourth-order valence-corrected chi connectivity index (χ4v) is 3.26. The number of aryl methyl sites for hydroxylation is 2. The monoisotopic (exact) mass is 301 g/mol. The molecule has 1 fully saturated rings. The Hall–Kier alpha value is -1.81. The highest BCUT2D eigenvalue weighted by molar-refractivity contribution is 5.96. The fraction of sp³-hybridized carbons (Fsp3) is 0.500. The van der Waals surface area contributed by atoms with Crippen LogP contribution < -0.4 is 0 Å². The molecule has 2 unspecified atom stereocenters. The van der Waals surface area contributed by atoms with Crippen LogP contribution in [0.2, 0.25) is 0 Å². The summed E-state index contributed by atoms with van der Waals surface area (Å²) in [5.41, 5.74) is 3.10. The molecule has 0 aliphatic heterocycles. The molecule has 1 amide bonds. The summed E-state index contributed by atoms with van der Waals surface area (Å²) in [6.45, 7) is 4.67. The summed E-state index contributed by atoms with van der Waals surface area (Å²) >= 11 is 0. The Morgan fingerprint density at radius 1 is 1.27 bits per heavy atom. The van der Waals surface area contributed by atoms with Gasteiger partial charge in [-0.25, -0.2) is 0 Å². The summed E-state index contributed by atoms with van der Waals surface area (Å²) in [6.07, 6.45) is 2.58. The van der Waals surface area contributed by atoms with Crippen LogP contribution in [0.1, 0.15) is 40.9 Å². The van der Waals surface area contributed by atoms with Gasteiger partial charge in [-0.3, -0.25) is 4.79 Å². The Morgan fingerprint density at radius 2 is 2.00 bits per heavy atom. The number of carbonyl (C=O) groups excluding carboxylic acids is 1. The minimum Gasteiger partial charge on any atom is -0.451 e. The molecule has 1 aromatic heterocycles. The zero-order valence-corrected chi connectivity index (χ0v) is 13.4. The Balaban J connectivity index is 1.79. The molecule has 4 heteroatoms. The molecule has 1 heterocycles. The molecular weight excluding hydrogens is 278 g/mol. The number of hydrogen-bond acceptors (Lipinski definition) is 3. The predicted molar refractivity (Wildman–Crippen MR) is 86.0 cm³/mol. The number of furan rings is 1. The molecule has 0 radical (unpaired) electrons. The van der Waals surface area contributed by atoms with Gasteiger partial charge in [0.15, 0.2) is 5.76 Å². The minimum atomic E-state index is -0.281. The van der Waals surface area contributed by atoms with Crippen molar-refractivity contribution in [2.24, 2.45) is 5.92 Å². The maximum atomic E-state index is 12.5. The average molecular weight is 301 g/mol. The zero-order valence-electron chi connectivity index (χ0n) is 13.4. The van der Waals surface area contributed by atoms with Gasteiger partial charge in [-0.15, -0.1) is 0 Å². The van der Waals surface area contributed by atoms with E-state index in [0.717, 1.165) is 35.8 Å². The number of rotatable bonds is 3. The number of aliphatic hydroxyl groups is 1. The first-order chi connectivity index (χ1) is 10.5. The van der Waals surface area contributed by atoms with Crippen molar-refractivity contribution in [1.82, 2.24) is 4.90 Å². The number of aliphatic hydroxyl groups excluding tert-OH is 1. The molecule has 4 nitrogen and oxygen atoms in total. The van der Waals surface area contributed by atoms with Gasteiger partial charge in [0, 0.05) is 24.9 Å². The van der Waals surface area contributed by atoms with Crippen LogP contribution in [0, 0.1) is 19.8 Å². The largest absolute Gasteiger partial charge is 0.451 e. The molecule has 22 heavy (non-hydrogen) atoms. The number of hydrogen-bond donors (Lipinski definition) is 1. The van der Waals surface area contributed by atoms with Crippen LogP contribution in [-0.2, 0) is 0 Å². The second-order valence-corrected chi connectivity index (χ2v) is 6.53. The van der Waals surface area contributed by atoms with Crippen molar-refractivity contribution in [3.05, 3.63) is 35.1 Å². The van der Waals surface area contributed by atoms with E-state index in [1.165, 1.54) is 5.56 Å². The lowest BCUT2D eigenvalue weighted by molar-refractivity contribution is 0.0667. The summed E-state index contributed by atoms with van der Waals surface area (Å²) < 4.78 is 5.72. The van der Waals surface area contributed by atoms with Crippen molar-refractivity contribution in [3.63, 3.8) is 0 Å². The number of amides is 1. The maximum Gasteiger partial charge on any atom is 0.289 e. The maximum absolute atomic E-state index is 12.5. The Labute approximate surface area is 130 Å². The summed E-state index contributed by atoms with van der Waals surface area (Å²) in [6, 6.07) is 5.83. The second-order valence-electron chi connectivity index (χ2n) is 6.53. The Morgan fingerprint density at radius 3 is 2.68 bits per heavy atom. The Bertz CT molecular complexity index is 665. The molecular formula is C18H23NO3. The number of carbonyl (C=O) groups is 1. The molecule has 1 aliphatic rings. The van der Waals surface area contributed by atoms with Crippen molar-refractivity contribution in [2.45, 2.75) is 39.2 Å². The highest BCUT2D eigenvalue weighted by Crippen LogP contribution is 2.27. The molecule has 2 atom stereocenters. The van der Waals surface area contributed by atoms with Crippen LogP contribution in [0.3, 0.4) is 0 Å². The van der Waals surface area contributed by atoms with Crippen LogP contribution in [0.15, 0.2) is 22.6 Å². The van der Waals surface area contributed by atoms with E-state index in [1.807, 2.05) is 25.1 Å². The standard InChI is InChI=1S/C18H23NO3/c1-11-7-14-9-17(22-16(14)8-12(11)2)18(21)19(3)10-13-5-4-6-15(13)20/h7-9,13,15,20H,4-6,10H2,1-3H3. The first-order valence-corrected chi connectivity index (χ1v) is 7.90. The molecule has 0 spiro atoms. The van der Waals surface area contributed by atoms with Gasteiger partial charge in [0.05, 0.1) is 6.10 Å². The average Bonchev–Trinajstić information content (AvgIpc) is 3.05. The number of benzene rings is 1. The molecule has 1 aliphatic carbocycles. The van der Waals surface area contributed by atoms with E-state index in [4.69, 9.17) is 4.42 Å². The van der Waals surface area contributed by atoms with Gasteiger partial charge >= 0.3 is 0 Å². The van der Waals surface area contributed by atoms with Crippen LogP contribution in [0.5, 0.6) is 0 Å². The lowest BCUT2D eigenvalue weighted by atomic mass is 10.1. The van der Waals surface area contributed by atoms with Gasteiger partial charge in [-0.05, 0) is 56.0 Å². The van der Waals surface area contributed by atoms with Crippen molar-refractivity contribution >= 4 is 16.9 Å². The van der Waals surface area contributed by atoms with Crippen molar-refractivity contribution in [1.29, 1.82) is 0 Å². The van der Waals surface area contributed by atoms with Gasteiger partial charge in [0.25, 0.3) is 5.91 Å². The van der Waals surface area contributed by atoms with E-state index in [0.29, 0.717) is 12.3 Å². The van der Waals surface area contributed by atoms with Crippen molar-refractivity contribution in [2.75, 3.05) is 13.6 Å². The van der Waals surface area contributed by atoms with E-state index in [9.17, 15) is 9.90 Å². The quantitative estimate of drug-likeness (QED) is 0.946. The van der Waals surface area contributed by atoms with Gasteiger partial charge in [-0.2, -0.15) is 0 Å². The summed E-state index contributed by atoms with van der Waals surface area (Å²) in [5, 5.41) is 10.9. The predicted octanol–water partition coefficient (Wildman–Crippen LogP) is 3.28. The topological polar surface area (TPSA) is 53.7 Å². The summed E-state index contributed by atoms with van der Waals surface area (Å²) in [7, 11) is 1.77. The van der Waals surface area contributed by atoms with E-state index >= 15 is 0 Å². The zero-order chi connectivity index (χ0) is 15.9. The highest BCUT2D eigenvalue weighted by atomic mass is 16.3.